The molecule has 0 saturated carbocycles. The molecule has 0 spiro atoms. The minimum atomic E-state index is -0.565. The highest BCUT2D eigenvalue weighted by Crippen LogP contribution is 2.24. The zero-order valence-corrected chi connectivity index (χ0v) is 11.1. The molecule has 19 heavy (non-hydrogen) atoms. The summed E-state index contributed by atoms with van der Waals surface area (Å²) >= 11 is 5.90. The van der Waals surface area contributed by atoms with Gasteiger partial charge in [0.15, 0.2) is 5.78 Å². The maximum Gasteiger partial charge on any atom is 0.270 e. The number of Topliss-reactive ketones (excluding diaryl/α,β-unsaturated/α-hetero) is 1. The smallest absolute Gasteiger partial charge is 0.270 e. The Morgan fingerprint density at radius 2 is 2.16 bits per heavy atom. The topological polar surface area (TPSA) is 84.0 Å². The van der Waals surface area contributed by atoms with Gasteiger partial charge in [0.2, 0.25) is 0 Å². The van der Waals surface area contributed by atoms with Gasteiger partial charge in [-0.1, -0.05) is 25.4 Å². The average Bonchev–Trinajstić information content (AvgIpc) is 2.36. The third kappa shape index (κ3) is 3.63. The third-order valence-corrected chi connectivity index (χ3v) is 2.74. The standard InChI is InChI=1S/C13H11ClN2O3/c1-8(2)13(17)10(7-15)5-9-6-11(16(18)19)3-4-12(9)14/h3-6,8H,1-2H3/b10-5-. The van der Waals surface area contributed by atoms with Gasteiger partial charge in [0, 0.05) is 28.6 Å². The molecule has 0 radical (unpaired) electrons. The molecule has 0 heterocycles. The van der Waals surface area contributed by atoms with E-state index in [1.54, 1.807) is 19.9 Å². The lowest BCUT2D eigenvalue weighted by Gasteiger charge is -2.03. The van der Waals surface area contributed by atoms with E-state index in [-0.39, 0.29) is 33.5 Å². The zero-order valence-electron chi connectivity index (χ0n) is 10.4. The van der Waals surface area contributed by atoms with Crippen molar-refractivity contribution in [1.82, 2.24) is 0 Å². The first kappa shape index (κ1) is 14.9. The van der Waals surface area contributed by atoms with E-state index in [1.807, 2.05) is 0 Å². The van der Waals surface area contributed by atoms with Crippen molar-refractivity contribution in [1.29, 1.82) is 5.26 Å². The van der Waals surface area contributed by atoms with Crippen LogP contribution in [0.2, 0.25) is 5.02 Å². The number of nitriles is 1. The maximum absolute atomic E-state index is 11.7. The van der Waals surface area contributed by atoms with Gasteiger partial charge in [-0.15, -0.1) is 0 Å². The maximum atomic E-state index is 11.7. The number of halogens is 1. The number of allylic oxidation sites excluding steroid dienone is 1. The van der Waals surface area contributed by atoms with Crippen LogP contribution in [0.25, 0.3) is 6.08 Å². The molecule has 0 saturated heterocycles. The van der Waals surface area contributed by atoms with E-state index in [0.717, 1.165) is 0 Å². The fraction of sp³-hybridized carbons (Fsp3) is 0.231. The van der Waals surface area contributed by atoms with E-state index in [0.29, 0.717) is 0 Å². The number of hydrogen-bond acceptors (Lipinski definition) is 4. The number of hydrogen-bond donors (Lipinski definition) is 0. The lowest BCUT2D eigenvalue weighted by Crippen LogP contribution is -2.08. The number of rotatable bonds is 4. The lowest BCUT2D eigenvalue weighted by atomic mass is 10.00. The van der Waals surface area contributed by atoms with E-state index in [1.165, 1.54) is 24.3 Å². The Hall–Kier alpha value is -2.19. The van der Waals surface area contributed by atoms with Gasteiger partial charge >= 0.3 is 0 Å². The van der Waals surface area contributed by atoms with E-state index in [2.05, 4.69) is 0 Å². The molecule has 1 aromatic rings. The number of carbonyl (C=O) groups excluding carboxylic acids is 1. The SMILES string of the molecule is CC(C)C(=O)/C(C#N)=C\c1cc([N+](=O)[O-])ccc1Cl. The fourth-order valence-electron chi connectivity index (χ4n) is 1.38. The number of carbonyl (C=O) groups is 1. The molecule has 1 rings (SSSR count). The molecule has 0 amide bonds. The minimum Gasteiger partial charge on any atom is -0.293 e. The number of non-ortho nitro benzene ring substituents is 1. The first-order valence-electron chi connectivity index (χ1n) is 5.46. The monoisotopic (exact) mass is 278 g/mol. The summed E-state index contributed by atoms with van der Waals surface area (Å²) in [5, 5.41) is 19.9. The second kappa shape index (κ2) is 6.12. The summed E-state index contributed by atoms with van der Waals surface area (Å²) in [6.45, 7) is 3.34. The molecule has 5 nitrogen and oxygen atoms in total. The van der Waals surface area contributed by atoms with Crippen molar-refractivity contribution in [3.8, 4) is 6.07 Å². The van der Waals surface area contributed by atoms with Gasteiger partial charge in [0.25, 0.3) is 5.69 Å². The van der Waals surface area contributed by atoms with Crippen molar-refractivity contribution in [2.75, 3.05) is 0 Å². The summed E-state index contributed by atoms with van der Waals surface area (Å²) in [5.41, 5.74) is 0.0590. The summed E-state index contributed by atoms with van der Waals surface area (Å²) in [6, 6.07) is 5.64. The van der Waals surface area contributed by atoms with Crippen molar-refractivity contribution in [2.24, 2.45) is 5.92 Å². The van der Waals surface area contributed by atoms with Crippen molar-refractivity contribution >= 4 is 29.1 Å². The number of nitrogens with zero attached hydrogens (tertiary/aromatic N) is 2. The zero-order chi connectivity index (χ0) is 14.6. The largest absolute Gasteiger partial charge is 0.293 e. The average molecular weight is 279 g/mol. The van der Waals surface area contributed by atoms with Crippen LogP contribution >= 0.6 is 11.6 Å². The summed E-state index contributed by atoms with van der Waals surface area (Å²) in [5.74, 6) is -0.659. The molecule has 0 aliphatic heterocycles. The van der Waals surface area contributed by atoms with Crippen LogP contribution in [-0.4, -0.2) is 10.7 Å². The van der Waals surface area contributed by atoms with Gasteiger partial charge in [0.1, 0.15) is 6.07 Å². The van der Waals surface area contributed by atoms with Crippen LogP contribution in [0.1, 0.15) is 19.4 Å². The van der Waals surface area contributed by atoms with Crippen LogP contribution in [0, 0.1) is 27.4 Å². The van der Waals surface area contributed by atoms with Gasteiger partial charge in [-0.25, -0.2) is 0 Å². The highest BCUT2D eigenvalue weighted by Gasteiger charge is 2.15. The molecule has 0 aromatic heterocycles. The van der Waals surface area contributed by atoms with Crippen LogP contribution in [0.15, 0.2) is 23.8 Å². The van der Waals surface area contributed by atoms with Gasteiger partial charge in [0.05, 0.1) is 10.5 Å². The Labute approximate surface area is 115 Å². The Bertz CT molecular complexity index is 600. The van der Waals surface area contributed by atoms with Crippen molar-refractivity contribution < 1.29 is 9.72 Å². The van der Waals surface area contributed by atoms with Gasteiger partial charge in [-0.2, -0.15) is 5.26 Å². The molecule has 0 unspecified atom stereocenters. The van der Waals surface area contributed by atoms with Crippen LogP contribution in [0.4, 0.5) is 5.69 Å². The number of nitro groups is 1. The van der Waals surface area contributed by atoms with Crippen LogP contribution in [0.5, 0.6) is 0 Å². The lowest BCUT2D eigenvalue weighted by molar-refractivity contribution is -0.384. The second-order valence-electron chi connectivity index (χ2n) is 4.15. The van der Waals surface area contributed by atoms with Crippen molar-refractivity contribution in [2.45, 2.75) is 13.8 Å². The molecular formula is C13H11ClN2O3. The quantitative estimate of drug-likeness (QED) is 0.366. The van der Waals surface area contributed by atoms with Crippen molar-refractivity contribution in [3.63, 3.8) is 0 Å². The Morgan fingerprint density at radius 3 is 2.63 bits per heavy atom. The summed E-state index contributed by atoms with van der Waals surface area (Å²) in [4.78, 5) is 21.8. The number of ketones is 1. The second-order valence-corrected chi connectivity index (χ2v) is 4.56. The molecule has 0 bridgehead atoms. The van der Waals surface area contributed by atoms with Crippen LogP contribution in [0.3, 0.4) is 0 Å². The van der Waals surface area contributed by atoms with E-state index >= 15 is 0 Å². The Morgan fingerprint density at radius 1 is 1.53 bits per heavy atom. The number of benzene rings is 1. The molecule has 1 aromatic carbocycles. The number of nitro benzene ring substituents is 1. The summed E-state index contributed by atoms with van der Waals surface area (Å²) < 4.78 is 0. The molecule has 0 fully saturated rings. The molecule has 6 heteroatoms. The fourth-order valence-corrected chi connectivity index (χ4v) is 1.55. The summed E-state index contributed by atoms with van der Waals surface area (Å²) in [6.07, 6.45) is 1.28. The van der Waals surface area contributed by atoms with Gasteiger partial charge < -0.3 is 0 Å². The predicted molar refractivity (Wildman–Crippen MR) is 71.5 cm³/mol. The first-order valence-corrected chi connectivity index (χ1v) is 5.84. The van der Waals surface area contributed by atoms with Gasteiger partial charge in [-0.05, 0) is 12.1 Å². The Balaban J connectivity index is 3.30. The predicted octanol–water partition coefficient (Wildman–Crippen LogP) is 3.38. The van der Waals surface area contributed by atoms with Crippen molar-refractivity contribution in [3.05, 3.63) is 44.5 Å². The molecule has 98 valence electrons. The molecule has 0 N–H and O–H groups in total. The molecule has 0 aliphatic carbocycles. The van der Waals surface area contributed by atoms with Crippen LogP contribution < -0.4 is 0 Å². The highest BCUT2D eigenvalue weighted by molar-refractivity contribution is 6.32. The molecular weight excluding hydrogens is 268 g/mol. The summed E-state index contributed by atoms with van der Waals surface area (Å²) in [7, 11) is 0. The third-order valence-electron chi connectivity index (χ3n) is 2.40. The Kier molecular flexibility index (Phi) is 4.79. The van der Waals surface area contributed by atoms with Gasteiger partial charge in [-0.3, -0.25) is 14.9 Å². The first-order chi connectivity index (χ1) is 8.86. The molecule has 0 aliphatic rings. The minimum absolute atomic E-state index is 0.0719. The van der Waals surface area contributed by atoms with Crippen LogP contribution in [-0.2, 0) is 4.79 Å². The normalized spacial score (nSPS) is 11.2. The highest BCUT2D eigenvalue weighted by atomic mass is 35.5. The van der Waals surface area contributed by atoms with E-state index in [9.17, 15) is 14.9 Å². The molecule has 0 atom stereocenters. The van der Waals surface area contributed by atoms with E-state index in [4.69, 9.17) is 16.9 Å². The van der Waals surface area contributed by atoms with E-state index < -0.39 is 4.92 Å².